The molecule has 1 saturated heterocycles. The average molecular weight is 638 g/mol. The van der Waals surface area contributed by atoms with Gasteiger partial charge in [0.15, 0.2) is 18.1 Å². The lowest BCUT2D eigenvalue weighted by Gasteiger charge is -2.13. The number of carbonyl (C=O) groups excluding carboxylic acids is 5. The number of nitrogens with one attached hydrogen (secondary N) is 2. The summed E-state index contributed by atoms with van der Waals surface area (Å²) in [5, 5.41) is 4.83. The van der Waals surface area contributed by atoms with Crippen molar-refractivity contribution in [2.45, 2.75) is 13.3 Å². The Bertz CT molecular complexity index is 1610. The maximum atomic E-state index is 13.0. The lowest BCUT2D eigenvalue weighted by Crippen LogP contribution is -2.36. The van der Waals surface area contributed by atoms with Crippen molar-refractivity contribution >= 4 is 69.7 Å². The molecule has 0 unspecified atom stereocenters. The molecule has 1 aliphatic heterocycles. The SMILES string of the molecule is CCCOC(=O)c1cc(NC(=O)CN2C(=O)S/C(=C\c3ccc(OCC(=O)Nc4ccccc4)c(OC)c3)C2=O)ccc1Cl. The number of hydrogen-bond acceptors (Lipinski definition) is 9. The summed E-state index contributed by atoms with van der Waals surface area (Å²) >= 11 is 6.79. The van der Waals surface area contributed by atoms with E-state index in [-0.39, 0.29) is 40.3 Å². The number of benzene rings is 3. The smallest absolute Gasteiger partial charge is 0.339 e. The molecule has 0 saturated carbocycles. The first-order chi connectivity index (χ1) is 21.2. The molecule has 4 rings (SSSR count). The van der Waals surface area contributed by atoms with Gasteiger partial charge in [0.1, 0.15) is 6.54 Å². The number of amides is 4. The zero-order valence-electron chi connectivity index (χ0n) is 23.8. The first kappa shape index (κ1) is 32.1. The van der Waals surface area contributed by atoms with Crippen LogP contribution in [0.25, 0.3) is 6.08 Å². The van der Waals surface area contributed by atoms with Crippen LogP contribution in [-0.2, 0) is 19.1 Å². The van der Waals surface area contributed by atoms with Crippen molar-refractivity contribution in [1.29, 1.82) is 0 Å². The van der Waals surface area contributed by atoms with E-state index in [1.54, 1.807) is 42.5 Å². The second-order valence-corrected chi connectivity index (χ2v) is 10.7. The number of halogens is 1. The van der Waals surface area contributed by atoms with Crippen LogP contribution >= 0.6 is 23.4 Å². The Morgan fingerprint density at radius 3 is 2.41 bits per heavy atom. The Morgan fingerprint density at radius 1 is 0.932 bits per heavy atom. The molecule has 0 atom stereocenters. The van der Waals surface area contributed by atoms with E-state index in [1.165, 1.54) is 31.4 Å². The van der Waals surface area contributed by atoms with Gasteiger partial charge in [-0.3, -0.25) is 24.1 Å². The van der Waals surface area contributed by atoms with Gasteiger partial charge in [-0.05, 0) is 72.3 Å². The predicted octanol–water partition coefficient (Wildman–Crippen LogP) is 5.61. The van der Waals surface area contributed by atoms with Gasteiger partial charge in [-0.15, -0.1) is 0 Å². The molecule has 228 valence electrons. The lowest BCUT2D eigenvalue weighted by atomic mass is 10.2. The molecule has 0 radical (unpaired) electrons. The number of esters is 1. The number of methoxy groups -OCH3 is 1. The highest BCUT2D eigenvalue weighted by molar-refractivity contribution is 8.18. The van der Waals surface area contributed by atoms with Gasteiger partial charge in [-0.2, -0.15) is 0 Å². The van der Waals surface area contributed by atoms with Crippen LogP contribution in [0.5, 0.6) is 11.5 Å². The van der Waals surface area contributed by atoms with Crippen molar-refractivity contribution in [3.63, 3.8) is 0 Å². The fourth-order valence-electron chi connectivity index (χ4n) is 3.92. The molecule has 1 fully saturated rings. The highest BCUT2D eigenvalue weighted by atomic mass is 35.5. The maximum absolute atomic E-state index is 13.0. The summed E-state index contributed by atoms with van der Waals surface area (Å²) in [4.78, 5) is 63.7. The first-order valence-corrected chi connectivity index (χ1v) is 14.6. The van der Waals surface area contributed by atoms with E-state index in [0.29, 0.717) is 40.9 Å². The summed E-state index contributed by atoms with van der Waals surface area (Å²) in [7, 11) is 1.43. The Labute approximate surface area is 262 Å². The molecule has 11 nitrogen and oxygen atoms in total. The van der Waals surface area contributed by atoms with Gasteiger partial charge in [0, 0.05) is 11.4 Å². The number of imide groups is 1. The largest absolute Gasteiger partial charge is 0.493 e. The number of anilines is 2. The Kier molecular flexibility index (Phi) is 11.0. The number of carbonyl (C=O) groups is 5. The van der Waals surface area contributed by atoms with Crippen LogP contribution < -0.4 is 20.1 Å². The second kappa shape index (κ2) is 15.1. The quantitative estimate of drug-likeness (QED) is 0.192. The lowest BCUT2D eigenvalue weighted by molar-refractivity contribution is -0.127. The minimum absolute atomic E-state index is 0.0781. The molecule has 0 spiro atoms. The molecule has 2 N–H and O–H groups in total. The molecule has 0 aromatic heterocycles. The highest BCUT2D eigenvalue weighted by Gasteiger charge is 2.36. The van der Waals surface area contributed by atoms with Crippen molar-refractivity contribution < 1.29 is 38.2 Å². The van der Waals surface area contributed by atoms with Crippen LogP contribution in [0.3, 0.4) is 0 Å². The van der Waals surface area contributed by atoms with Crippen LogP contribution in [0, 0.1) is 0 Å². The van der Waals surface area contributed by atoms with Crippen LogP contribution in [0.4, 0.5) is 16.2 Å². The second-order valence-electron chi connectivity index (χ2n) is 9.26. The monoisotopic (exact) mass is 637 g/mol. The summed E-state index contributed by atoms with van der Waals surface area (Å²) in [6.07, 6.45) is 2.12. The molecule has 1 heterocycles. The summed E-state index contributed by atoms with van der Waals surface area (Å²) < 4.78 is 16.1. The summed E-state index contributed by atoms with van der Waals surface area (Å²) in [6, 6.07) is 18.0. The van der Waals surface area contributed by atoms with E-state index < -0.39 is 29.6 Å². The number of thioether (sulfide) groups is 1. The van der Waals surface area contributed by atoms with Gasteiger partial charge in [0.25, 0.3) is 17.1 Å². The number of hydrogen-bond donors (Lipinski definition) is 2. The third-order valence-corrected chi connectivity index (χ3v) is 7.22. The van der Waals surface area contributed by atoms with E-state index >= 15 is 0 Å². The van der Waals surface area contributed by atoms with Crippen LogP contribution in [0.15, 0.2) is 71.6 Å². The summed E-state index contributed by atoms with van der Waals surface area (Å²) in [6.45, 7) is 1.27. The maximum Gasteiger partial charge on any atom is 0.339 e. The fourth-order valence-corrected chi connectivity index (χ4v) is 4.95. The van der Waals surface area contributed by atoms with Crippen molar-refractivity contribution in [1.82, 2.24) is 4.90 Å². The highest BCUT2D eigenvalue weighted by Crippen LogP contribution is 2.34. The van der Waals surface area contributed by atoms with E-state index in [1.807, 2.05) is 13.0 Å². The molecule has 3 aromatic carbocycles. The summed E-state index contributed by atoms with van der Waals surface area (Å²) in [5.41, 5.74) is 1.49. The predicted molar refractivity (Wildman–Crippen MR) is 167 cm³/mol. The van der Waals surface area contributed by atoms with Gasteiger partial charge in [0.05, 0.1) is 29.2 Å². The Balaban J connectivity index is 1.37. The van der Waals surface area contributed by atoms with Gasteiger partial charge < -0.3 is 24.8 Å². The molecule has 4 amide bonds. The van der Waals surface area contributed by atoms with Crippen molar-refractivity contribution in [3.8, 4) is 11.5 Å². The number of rotatable bonds is 12. The molecule has 1 aliphatic rings. The fraction of sp³-hybridized carbons (Fsp3) is 0.194. The number of para-hydroxylation sites is 1. The van der Waals surface area contributed by atoms with E-state index in [0.717, 1.165) is 4.90 Å². The minimum Gasteiger partial charge on any atom is -0.493 e. The molecule has 0 aliphatic carbocycles. The van der Waals surface area contributed by atoms with Crippen LogP contribution in [0.1, 0.15) is 29.3 Å². The molecular weight excluding hydrogens is 610 g/mol. The third kappa shape index (κ3) is 8.39. The molecule has 3 aromatic rings. The molecular formula is C31H28ClN3O8S. The van der Waals surface area contributed by atoms with Gasteiger partial charge >= 0.3 is 5.97 Å². The van der Waals surface area contributed by atoms with Crippen LogP contribution in [-0.4, -0.2) is 60.7 Å². The normalized spacial score (nSPS) is 13.5. The number of ether oxygens (including phenoxy) is 3. The van der Waals surface area contributed by atoms with Gasteiger partial charge in [-0.25, -0.2) is 4.79 Å². The van der Waals surface area contributed by atoms with Crippen molar-refractivity contribution in [2.75, 3.05) is 37.5 Å². The van der Waals surface area contributed by atoms with E-state index in [9.17, 15) is 24.0 Å². The number of nitrogens with zero attached hydrogens (tertiary/aromatic N) is 1. The van der Waals surface area contributed by atoms with Gasteiger partial charge in [-0.1, -0.05) is 42.8 Å². The Morgan fingerprint density at radius 2 is 1.68 bits per heavy atom. The molecule has 13 heteroatoms. The van der Waals surface area contributed by atoms with Crippen molar-refractivity contribution in [3.05, 3.63) is 87.8 Å². The first-order valence-electron chi connectivity index (χ1n) is 13.4. The van der Waals surface area contributed by atoms with Gasteiger partial charge in [0.2, 0.25) is 5.91 Å². The average Bonchev–Trinajstić information content (AvgIpc) is 3.27. The standard InChI is InChI=1S/C31H28ClN3O8S/c1-3-13-42-30(39)22-16-21(10-11-23(22)32)34-27(36)17-35-29(38)26(44-31(35)40)15-19-9-12-24(25(14-19)41-2)43-18-28(37)33-20-7-5-4-6-8-20/h4-12,14-16H,3,13,17-18H2,1-2H3,(H,33,37)(H,34,36)/b26-15-. The Hall–Kier alpha value is -4.81. The van der Waals surface area contributed by atoms with Crippen molar-refractivity contribution in [2.24, 2.45) is 0 Å². The summed E-state index contributed by atoms with van der Waals surface area (Å²) in [5.74, 6) is -1.66. The minimum atomic E-state index is -0.650. The molecule has 44 heavy (non-hydrogen) atoms. The molecule has 0 bridgehead atoms. The van der Waals surface area contributed by atoms with Crippen LogP contribution in [0.2, 0.25) is 5.02 Å². The van der Waals surface area contributed by atoms with E-state index in [4.69, 9.17) is 25.8 Å². The zero-order valence-corrected chi connectivity index (χ0v) is 25.3. The topological polar surface area (TPSA) is 140 Å². The zero-order chi connectivity index (χ0) is 31.6. The third-order valence-electron chi connectivity index (χ3n) is 5.98. The van der Waals surface area contributed by atoms with E-state index in [2.05, 4.69) is 10.6 Å².